The highest BCUT2D eigenvalue weighted by Gasteiger charge is 2.62. The molecule has 0 spiro atoms. The Morgan fingerprint density at radius 3 is 2.66 bits per heavy atom. The van der Waals surface area contributed by atoms with Crippen molar-refractivity contribution in [1.82, 2.24) is 14.6 Å². The summed E-state index contributed by atoms with van der Waals surface area (Å²) < 4.78 is 40.3. The average Bonchev–Trinajstić information content (AvgIpc) is 3.91. The lowest BCUT2D eigenvalue weighted by molar-refractivity contribution is -0.142. The van der Waals surface area contributed by atoms with Crippen LogP contribution in [0.3, 0.4) is 0 Å². The summed E-state index contributed by atoms with van der Waals surface area (Å²) in [6, 6.07) is 14.7. The summed E-state index contributed by atoms with van der Waals surface area (Å²) in [6.07, 6.45) is 9.92. The van der Waals surface area contributed by atoms with Crippen molar-refractivity contribution in [2.24, 2.45) is 17.3 Å². The molecule has 2 saturated carbocycles. The van der Waals surface area contributed by atoms with E-state index in [9.17, 15) is 22.8 Å². The van der Waals surface area contributed by atoms with Crippen LogP contribution in [0, 0.1) is 17.3 Å². The monoisotopic (exact) mass is 719 g/mol. The number of nitrogens with one attached hydrogen (secondary N) is 1. The van der Waals surface area contributed by atoms with Gasteiger partial charge in [-0.3, -0.25) is 19.1 Å². The molecule has 0 bridgehead atoms. The smallest absolute Gasteiger partial charge is 0.274 e. The van der Waals surface area contributed by atoms with E-state index < -0.39 is 38.2 Å². The number of ether oxygens (including phenoxy) is 2. The number of rotatable bonds is 8. The third-order valence-corrected chi connectivity index (χ3v) is 14.2. The molecule has 4 aliphatic rings. The third-order valence-electron chi connectivity index (χ3n) is 11.1. The fraction of sp³-hybridized carbons (Fsp3) is 0.526. The van der Waals surface area contributed by atoms with Crippen molar-refractivity contribution in [3.8, 4) is 10.9 Å². The number of ketones is 1. The van der Waals surface area contributed by atoms with Crippen LogP contribution >= 0.6 is 11.3 Å². The Labute approximate surface area is 297 Å². The van der Waals surface area contributed by atoms with E-state index in [0.29, 0.717) is 43.0 Å². The first-order chi connectivity index (χ1) is 24.0. The van der Waals surface area contributed by atoms with Gasteiger partial charge in [0.15, 0.2) is 5.78 Å². The van der Waals surface area contributed by atoms with Gasteiger partial charge in [0.05, 0.1) is 40.1 Å². The van der Waals surface area contributed by atoms with Crippen LogP contribution in [-0.4, -0.2) is 66.4 Å². The molecule has 1 aromatic heterocycles. The Morgan fingerprint density at radius 1 is 1.10 bits per heavy atom. The van der Waals surface area contributed by atoms with Crippen LogP contribution in [0.15, 0.2) is 60.7 Å². The van der Waals surface area contributed by atoms with Crippen molar-refractivity contribution in [1.29, 1.82) is 0 Å². The van der Waals surface area contributed by atoms with Gasteiger partial charge in [-0.05, 0) is 81.5 Å². The predicted octanol–water partition coefficient (Wildman–Crippen LogP) is 6.00. The summed E-state index contributed by atoms with van der Waals surface area (Å²) in [5.74, 6) is -0.804. The number of sulfonamides is 1. The van der Waals surface area contributed by atoms with Crippen LogP contribution in [0.2, 0.25) is 0 Å². The van der Waals surface area contributed by atoms with Gasteiger partial charge in [-0.1, -0.05) is 66.7 Å². The fourth-order valence-corrected chi connectivity index (χ4v) is 9.77. The number of amides is 2. The van der Waals surface area contributed by atoms with E-state index in [1.165, 1.54) is 11.3 Å². The Balaban J connectivity index is 1.18. The van der Waals surface area contributed by atoms with Gasteiger partial charge in [-0.2, -0.15) is 0 Å². The highest BCUT2D eigenvalue weighted by Crippen LogP contribution is 2.57. The van der Waals surface area contributed by atoms with E-state index in [1.807, 2.05) is 54.6 Å². The highest BCUT2D eigenvalue weighted by molar-refractivity contribution is 7.91. The minimum absolute atomic E-state index is 0.0876. The van der Waals surface area contributed by atoms with Crippen molar-refractivity contribution in [2.75, 3.05) is 13.7 Å². The summed E-state index contributed by atoms with van der Waals surface area (Å²) >= 11 is 1.38. The molecule has 266 valence electrons. The summed E-state index contributed by atoms with van der Waals surface area (Å²) in [7, 11) is -2.28. The lowest BCUT2D eigenvalue weighted by atomic mass is 9.90. The molecule has 12 heteroatoms. The van der Waals surface area contributed by atoms with Crippen molar-refractivity contribution in [2.45, 2.75) is 94.4 Å². The lowest BCUT2D eigenvalue weighted by Crippen LogP contribution is -2.47. The topological polar surface area (TPSA) is 132 Å². The molecule has 7 rings (SSSR count). The molecule has 5 atom stereocenters. The van der Waals surface area contributed by atoms with Gasteiger partial charge in [-0.25, -0.2) is 13.4 Å². The van der Waals surface area contributed by atoms with E-state index in [0.717, 1.165) is 41.5 Å². The van der Waals surface area contributed by atoms with Crippen LogP contribution in [0.25, 0.3) is 10.2 Å². The fourth-order valence-electron chi connectivity index (χ4n) is 7.52. The zero-order chi connectivity index (χ0) is 35.1. The minimum atomic E-state index is -3.89. The SMILES string of the molecule is COc1ccc2nc(O[C@@H]3C[C@H]4C(=O)C[C@]5(C(=O)NS(=O)(=O)C6(C)CC6)C[C@H]5/C=C\CCCCC[C@H](Cc5ccccc5)C(=O)N4C3)sc2c1. The molecule has 1 saturated heterocycles. The van der Waals surface area contributed by atoms with Gasteiger partial charge < -0.3 is 14.4 Å². The van der Waals surface area contributed by atoms with Gasteiger partial charge in [0, 0.05) is 18.8 Å². The van der Waals surface area contributed by atoms with Crippen LogP contribution in [0.4, 0.5) is 0 Å². The molecule has 2 aromatic carbocycles. The van der Waals surface area contributed by atoms with Crippen molar-refractivity contribution >= 4 is 49.2 Å². The molecular weight excluding hydrogens is 675 g/mol. The van der Waals surface area contributed by atoms with E-state index in [4.69, 9.17) is 9.47 Å². The molecule has 0 unspecified atom stereocenters. The molecule has 2 amide bonds. The zero-order valence-corrected chi connectivity index (χ0v) is 30.3. The van der Waals surface area contributed by atoms with Crippen LogP contribution in [0.1, 0.15) is 76.7 Å². The number of allylic oxidation sites excluding steroid dienone is 2. The van der Waals surface area contributed by atoms with Crippen LogP contribution in [0.5, 0.6) is 10.9 Å². The second-order valence-corrected chi connectivity index (χ2v) is 17.9. The summed E-state index contributed by atoms with van der Waals surface area (Å²) in [4.78, 5) is 49.2. The van der Waals surface area contributed by atoms with Gasteiger partial charge >= 0.3 is 0 Å². The number of hydrogen-bond donors (Lipinski definition) is 1. The average molecular weight is 720 g/mol. The van der Waals surface area contributed by atoms with Crippen molar-refractivity contribution in [3.63, 3.8) is 0 Å². The van der Waals surface area contributed by atoms with E-state index >= 15 is 0 Å². The van der Waals surface area contributed by atoms with E-state index in [-0.39, 0.29) is 42.9 Å². The number of Topliss-reactive ketones (excluding diaryl/α,β-unsaturated/α-hetero) is 1. The Hall–Kier alpha value is -3.77. The molecule has 3 fully saturated rings. The van der Waals surface area contributed by atoms with Gasteiger partial charge in [0.1, 0.15) is 11.9 Å². The van der Waals surface area contributed by atoms with Crippen molar-refractivity contribution < 1.29 is 32.3 Å². The number of thiazole rings is 1. The number of fused-ring (bicyclic) bond motifs is 3. The minimum Gasteiger partial charge on any atom is -0.497 e. The Morgan fingerprint density at radius 2 is 1.90 bits per heavy atom. The van der Waals surface area contributed by atoms with Gasteiger partial charge in [0.25, 0.3) is 5.19 Å². The first-order valence-corrected chi connectivity index (χ1v) is 20.0. The second kappa shape index (κ2) is 13.7. The summed E-state index contributed by atoms with van der Waals surface area (Å²) in [5.41, 5.74) is 0.660. The summed E-state index contributed by atoms with van der Waals surface area (Å²) in [6.45, 7) is 1.86. The van der Waals surface area contributed by atoms with Crippen molar-refractivity contribution in [3.05, 3.63) is 66.2 Å². The zero-order valence-electron chi connectivity index (χ0n) is 28.6. The molecular formula is C38H45N3O7S2. The number of aromatic nitrogens is 1. The quantitative estimate of drug-likeness (QED) is 0.281. The first-order valence-electron chi connectivity index (χ1n) is 17.7. The molecule has 1 N–H and O–H groups in total. The maximum Gasteiger partial charge on any atom is 0.274 e. The number of methoxy groups -OCH3 is 1. The lowest BCUT2D eigenvalue weighted by Gasteiger charge is -2.29. The molecule has 2 aliphatic carbocycles. The van der Waals surface area contributed by atoms with E-state index in [2.05, 4.69) is 15.8 Å². The highest BCUT2D eigenvalue weighted by atomic mass is 32.2. The molecule has 2 aliphatic heterocycles. The van der Waals surface area contributed by atoms with Crippen LogP contribution < -0.4 is 14.2 Å². The number of carbonyl (C=O) groups excluding carboxylic acids is 3. The number of nitrogens with zero attached hydrogens (tertiary/aromatic N) is 2. The largest absolute Gasteiger partial charge is 0.497 e. The normalized spacial score (nSPS) is 28.9. The van der Waals surface area contributed by atoms with E-state index in [1.54, 1.807) is 18.9 Å². The standard InChI is InChI=1S/C38H45N3O7S2/c1-37(17-18-37)50(45,46)40-35(44)38-22-27(38)14-10-5-3-4-9-13-26(19-25-11-7-6-8-12-25)34(43)41-24-29(20-31(41)32(42)23-38)48-36-39-30-16-15-28(47-2)21-33(30)49-36/h6-8,10-12,14-16,21,26-27,29,31H,3-5,9,13,17-20,22-24H2,1-2H3,(H,40,44)/b14-10-/t26-,27-,29-,31+,38-/m1/s1. The summed E-state index contributed by atoms with van der Waals surface area (Å²) in [5, 5.41) is 0.448. The van der Waals surface area contributed by atoms with Gasteiger partial charge in [0.2, 0.25) is 21.8 Å². The maximum absolute atomic E-state index is 14.6. The number of carbonyl (C=O) groups is 3. The number of benzene rings is 2. The Kier molecular flexibility index (Phi) is 9.53. The molecule has 0 radical (unpaired) electrons. The predicted molar refractivity (Wildman–Crippen MR) is 191 cm³/mol. The molecule has 3 heterocycles. The molecule has 3 aromatic rings. The maximum atomic E-state index is 14.6. The van der Waals surface area contributed by atoms with Crippen LogP contribution in [-0.2, 0) is 30.8 Å². The van der Waals surface area contributed by atoms with Gasteiger partial charge in [-0.15, -0.1) is 0 Å². The second-order valence-electron chi connectivity index (χ2n) is 14.7. The Bertz CT molecular complexity index is 1910. The third kappa shape index (κ3) is 7.06. The molecule has 10 nitrogen and oxygen atoms in total. The first kappa shape index (κ1) is 34.7. The molecule has 50 heavy (non-hydrogen) atoms. The number of hydrogen-bond acceptors (Lipinski definition) is 9.